The van der Waals surface area contributed by atoms with E-state index in [0.29, 0.717) is 5.82 Å². The Bertz CT molecular complexity index is 457. The van der Waals surface area contributed by atoms with Gasteiger partial charge in [-0.15, -0.1) is 0 Å². The quantitative estimate of drug-likeness (QED) is 0.654. The number of hydrogen-bond donors (Lipinski definition) is 3. The van der Waals surface area contributed by atoms with Crippen LogP contribution in [0.5, 0.6) is 0 Å². The Morgan fingerprint density at radius 1 is 1.65 bits per heavy atom. The van der Waals surface area contributed by atoms with Gasteiger partial charge in [-0.25, -0.2) is 14.5 Å². The van der Waals surface area contributed by atoms with E-state index >= 15 is 0 Å². The monoisotopic (exact) mass is 263 g/mol. The number of ether oxygens (including phenoxy) is 1. The van der Waals surface area contributed by atoms with Crippen LogP contribution in [-0.2, 0) is 14.9 Å². The summed E-state index contributed by atoms with van der Waals surface area (Å²) in [5.74, 6) is 0.333. The predicted molar refractivity (Wildman–Crippen MR) is 57.0 cm³/mol. The molecule has 0 aliphatic rings. The number of nitrogens with one attached hydrogen (secondary N) is 3. The average Bonchev–Trinajstić information content (AvgIpc) is 2.68. The largest absolute Gasteiger partial charge is 0.449 e. The van der Waals surface area contributed by atoms with Gasteiger partial charge in [-0.3, -0.25) is 5.10 Å². The van der Waals surface area contributed by atoms with E-state index in [4.69, 9.17) is 0 Å². The Balaban J connectivity index is 2.58. The Morgan fingerprint density at radius 2 is 2.35 bits per heavy atom. The number of amides is 1. The molecule has 3 N–H and O–H groups in total. The van der Waals surface area contributed by atoms with Crippen LogP contribution in [0.1, 0.15) is 25.7 Å². The van der Waals surface area contributed by atoms with Gasteiger partial charge in [0.1, 0.15) is 12.2 Å². The predicted octanol–water partition coefficient (Wildman–Crippen LogP) is -0.554. The maximum Gasteiger partial charge on any atom is 0.421 e. The summed E-state index contributed by atoms with van der Waals surface area (Å²) in [6.07, 6.45) is 0.212. The number of aromatic nitrogens is 3. The summed E-state index contributed by atoms with van der Waals surface area (Å²) in [5.41, 5.74) is 0. The lowest BCUT2D eigenvalue weighted by Gasteiger charge is -2.12. The minimum absolute atomic E-state index is 0.0824. The van der Waals surface area contributed by atoms with Crippen molar-refractivity contribution in [1.29, 1.82) is 0 Å². The third-order valence-corrected chi connectivity index (χ3v) is 2.77. The molecular formula is C7H13N5O4S. The first kappa shape index (κ1) is 13.4. The molecule has 0 aromatic carbocycles. The van der Waals surface area contributed by atoms with Crippen LogP contribution >= 0.6 is 0 Å². The minimum atomic E-state index is -3.99. The van der Waals surface area contributed by atoms with Gasteiger partial charge in [0.15, 0.2) is 0 Å². The Morgan fingerprint density at radius 3 is 2.88 bits per heavy atom. The fourth-order valence-electron chi connectivity index (χ4n) is 1.01. The van der Waals surface area contributed by atoms with Gasteiger partial charge in [0.2, 0.25) is 0 Å². The third kappa shape index (κ3) is 4.36. The number of nitrogens with zero attached hydrogens (tertiary/aromatic N) is 2. The number of aromatic amines is 1. The minimum Gasteiger partial charge on any atom is -0.449 e. The summed E-state index contributed by atoms with van der Waals surface area (Å²) in [6.45, 7) is 3.20. The molecule has 1 aromatic heterocycles. The molecule has 0 fully saturated rings. The van der Waals surface area contributed by atoms with Crippen molar-refractivity contribution in [2.45, 2.75) is 19.9 Å². The normalized spacial score (nSPS) is 13.1. The highest BCUT2D eigenvalue weighted by Crippen LogP contribution is 2.04. The van der Waals surface area contributed by atoms with E-state index in [1.165, 1.54) is 6.33 Å². The van der Waals surface area contributed by atoms with Crippen LogP contribution in [0.2, 0.25) is 0 Å². The number of carbonyl (C=O) groups is 1. The summed E-state index contributed by atoms with van der Waals surface area (Å²) in [5, 5.41) is 6.09. The maximum atomic E-state index is 11.4. The number of H-pyrrole nitrogens is 1. The van der Waals surface area contributed by atoms with Gasteiger partial charge in [0.25, 0.3) is 0 Å². The van der Waals surface area contributed by atoms with Crippen molar-refractivity contribution < 1.29 is 17.9 Å². The first-order valence-corrected chi connectivity index (χ1v) is 6.25. The molecule has 1 atom stereocenters. The zero-order valence-electron chi connectivity index (χ0n) is 9.30. The van der Waals surface area contributed by atoms with Crippen molar-refractivity contribution in [3.05, 3.63) is 12.2 Å². The van der Waals surface area contributed by atoms with Gasteiger partial charge in [-0.05, 0) is 13.8 Å². The van der Waals surface area contributed by atoms with E-state index in [1.807, 2.05) is 0 Å². The van der Waals surface area contributed by atoms with Gasteiger partial charge in [-0.1, -0.05) is 0 Å². The highest BCUT2D eigenvalue weighted by atomic mass is 32.2. The molecule has 17 heavy (non-hydrogen) atoms. The molecule has 0 radical (unpaired) electrons. The summed E-state index contributed by atoms with van der Waals surface area (Å²) in [4.78, 5) is 14.7. The second-order valence-electron chi connectivity index (χ2n) is 3.04. The van der Waals surface area contributed by atoms with Crippen molar-refractivity contribution in [1.82, 2.24) is 24.6 Å². The summed E-state index contributed by atoms with van der Waals surface area (Å²) >= 11 is 0. The Kier molecular flexibility index (Phi) is 4.40. The molecule has 1 rings (SSSR count). The molecule has 0 bridgehead atoms. The lowest BCUT2D eigenvalue weighted by atomic mass is 10.3. The molecule has 1 unspecified atom stereocenters. The maximum absolute atomic E-state index is 11.4. The van der Waals surface area contributed by atoms with Crippen molar-refractivity contribution in [3.63, 3.8) is 0 Å². The smallest absolute Gasteiger partial charge is 0.421 e. The molecule has 1 heterocycles. The molecule has 0 saturated carbocycles. The van der Waals surface area contributed by atoms with E-state index in [2.05, 4.69) is 24.6 Å². The van der Waals surface area contributed by atoms with E-state index in [-0.39, 0.29) is 6.61 Å². The zero-order chi connectivity index (χ0) is 12.9. The zero-order valence-corrected chi connectivity index (χ0v) is 10.1. The lowest BCUT2D eigenvalue weighted by molar-refractivity contribution is 0.158. The van der Waals surface area contributed by atoms with Gasteiger partial charge >= 0.3 is 16.3 Å². The van der Waals surface area contributed by atoms with E-state index in [0.717, 1.165) is 0 Å². The van der Waals surface area contributed by atoms with Crippen molar-refractivity contribution in [3.8, 4) is 0 Å². The average molecular weight is 263 g/mol. The van der Waals surface area contributed by atoms with Crippen molar-refractivity contribution >= 4 is 16.3 Å². The molecule has 1 aromatic rings. The molecule has 1 amide bonds. The van der Waals surface area contributed by atoms with Crippen LogP contribution in [0.15, 0.2) is 6.33 Å². The van der Waals surface area contributed by atoms with E-state index in [1.54, 1.807) is 18.6 Å². The number of hydrogen-bond acceptors (Lipinski definition) is 6. The standard InChI is InChI=1S/C7H13N5O4S/c1-3-16-7(13)12-17(14,15)11-5(2)6-8-4-9-10-6/h4-5,11H,3H2,1-2H3,(H,12,13)(H,8,9,10). The third-order valence-electron chi connectivity index (χ3n) is 1.67. The van der Waals surface area contributed by atoms with Gasteiger partial charge in [0, 0.05) is 0 Å². The summed E-state index contributed by atoms with van der Waals surface area (Å²) < 4.78 is 31.2. The Labute approximate surface area is 98.1 Å². The molecular weight excluding hydrogens is 250 g/mol. The number of carbonyl (C=O) groups excluding carboxylic acids is 1. The molecule has 96 valence electrons. The van der Waals surface area contributed by atoms with Gasteiger partial charge in [-0.2, -0.15) is 18.2 Å². The van der Waals surface area contributed by atoms with E-state index < -0.39 is 22.3 Å². The Hall–Kier alpha value is -1.68. The molecule has 10 heteroatoms. The van der Waals surface area contributed by atoms with Crippen molar-refractivity contribution in [2.24, 2.45) is 0 Å². The molecule has 0 spiro atoms. The lowest BCUT2D eigenvalue weighted by Crippen LogP contribution is -2.41. The van der Waals surface area contributed by atoms with Crippen LogP contribution in [0, 0.1) is 0 Å². The molecule has 0 saturated heterocycles. The molecule has 0 aliphatic carbocycles. The second kappa shape index (κ2) is 5.59. The topological polar surface area (TPSA) is 126 Å². The summed E-state index contributed by atoms with van der Waals surface area (Å²) in [7, 11) is -3.99. The van der Waals surface area contributed by atoms with Crippen molar-refractivity contribution in [2.75, 3.05) is 6.61 Å². The van der Waals surface area contributed by atoms with Crippen LogP contribution in [0.25, 0.3) is 0 Å². The highest BCUT2D eigenvalue weighted by Gasteiger charge is 2.20. The second-order valence-corrected chi connectivity index (χ2v) is 4.48. The van der Waals surface area contributed by atoms with Crippen LogP contribution in [0.3, 0.4) is 0 Å². The first-order chi connectivity index (χ1) is 7.94. The fraction of sp³-hybridized carbons (Fsp3) is 0.571. The molecule has 0 aliphatic heterocycles. The molecule has 9 nitrogen and oxygen atoms in total. The van der Waals surface area contributed by atoms with E-state index in [9.17, 15) is 13.2 Å². The van der Waals surface area contributed by atoms with Crippen LogP contribution in [-0.4, -0.2) is 36.3 Å². The number of rotatable bonds is 5. The van der Waals surface area contributed by atoms with Gasteiger partial charge < -0.3 is 4.74 Å². The van der Waals surface area contributed by atoms with Crippen LogP contribution in [0.4, 0.5) is 4.79 Å². The fourth-order valence-corrected chi connectivity index (χ4v) is 1.93. The van der Waals surface area contributed by atoms with Gasteiger partial charge in [0.05, 0.1) is 12.6 Å². The van der Waals surface area contributed by atoms with Crippen LogP contribution < -0.4 is 9.44 Å². The summed E-state index contributed by atoms with van der Waals surface area (Å²) in [6, 6.07) is -0.649. The first-order valence-electron chi connectivity index (χ1n) is 4.76. The highest BCUT2D eigenvalue weighted by molar-refractivity contribution is 7.88. The SMILES string of the molecule is CCOC(=O)NS(=O)(=O)NC(C)c1ncn[nH]1.